The van der Waals surface area contributed by atoms with E-state index in [-0.39, 0.29) is 5.91 Å². The van der Waals surface area contributed by atoms with Crippen LogP contribution in [0.5, 0.6) is 0 Å². The molecule has 0 radical (unpaired) electrons. The van der Waals surface area contributed by atoms with Gasteiger partial charge in [-0.25, -0.2) is 0 Å². The van der Waals surface area contributed by atoms with E-state index in [9.17, 15) is 4.79 Å². The van der Waals surface area contributed by atoms with Crippen LogP contribution >= 0.6 is 0 Å². The molecule has 1 N–H and O–H groups in total. The molecule has 2 nitrogen and oxygen atoms in total. The van der Waals surface area contributed by atoms with Gasteiger partial charge in [0.2, 0.25) is 0 Å². The lowest BCUT2D eigenvalue weighted by Crippen LogP contribution is -2.25. The number of hydrogen-bond acceptors (Lipinski definition) is 1. The lowest BCUT2D eigenvalue weighted by Gasteiger charge is -2.12. The summed E-state index contributed by atoms with van der Waals surface area (Å²) in [7, 11) is 0. The van der Waals surface area contributed by atoms with E-state index in [0.717, 1.165) is 29.5 Å². The maximum atomic E-state index is 12.3. The summed E-state index contributed by atoms with van der Waals surface area (Å²) in [4.78, 5) is 12.3. The van der Waals surface area contributed by atoms with E-state index < -0.39 is 0 Å². The van der Waals surface area contributed by atoms with Crippen LogP contribution in [0.4, 0.5) is 0 Å². The van der Waals surface area contributed by atoms with Crippen molar-refractivity contribution < 1.29 is 4.79 Å². The van der Waals surface area contributed by atoms with E-state index in [1.807, 2.05) is 54.6 Å². The molecule has 108 valence electrons. The molecule has 0 aliphatic carbocycles. The predicted molar refractivity (Wildman–Crippen MR) is 88.3 cm³/mol. The monoisotopic (exact) mass is 279 g/mol. The first kappa shape index (κ1) is 15.0. The van der Waals surface area contributed by atoms with Crippen molar-refractivity contribution in [3.8, 4) is 0 Å². The van der Waals surface area contributed by atoms with Crippen molar-refractivity contribution in [2.75, 3.05) is 6.54 Å². The van der Waals surface area contributed by atoms with Gasteiger partial charge in [0.1, 0.15) is 0 Å². The molecule has 1 amide bonds. The third-order valence-electron chi connectivity index (χ3n) is 3.43. The van der Waals surface area contributed by atoms with Crippen molar-refractivity contribution in [1.29, 1.82) is 0 Å². The predicted octanol–water partition coefficient (Wildman–Crippen LogP) is 4.28. The van der Waals surface area contributed by atoms with Gasteiger partial charge in [0.15, 0.2) is 0 Å². The summed E-state index contributed by atoms with van der Waals surface area (Å²) in [6.07, 6.45) is 2.06. The maximum Gasteiger partial charge on any atom is 0.251 e. The molecular weight excluding hydrogens is 258 g/mol. The second kappa shape index (κ2) is 7.44. The van der Waals surface area contributed by atoms with E-state index in [1.54, 1.807) is 0 Å². The van der Waals surface area contributed by atoms with Crippen molar-refractivity contribution in [2.24, 2.45) is 0 Å². The summed E-state index contributed by atoms with van der Waals surface area (Å²) in [5.41, 5.74) is 3.48. The van der Waals surface area contributed by atoms with Gasteiger partial charge in [-0.3, -0.25) is 4.79 Å². The number of hydrogen-bond donors (Lipinski definition) is 1. The van der Waals surface area contributed by atoms with Crippen LogP contribution in [0.2, 0.25) is 0 Å². The molecule has 0 aromatic heterocycles. The summed E-state index contributed by atoms with van der Waals surface area (Å²) < 4.78 is 0. The van der Waals surface area contributed by atoms with Gasteiger partial charge in [-0.2, -0.15) is 0 Å². The van der Waals surface area contributed by atoms with E-state index in [1.165, 1.54) is 0 Å². The van der Waals surface area contributed by atoms with Crippen LogP contribution in [-0.2, 0) is 0 Å². The molecule has 0 saturated carbocycles. The maximum absolute atomic E-state index is 12.3. The molecule has 2 rings (SSSR count). The molecule has 0 spiro atoms. The van der Waals surface area contributed by atoms with Crippen LogP contribution in [0.25, 0.3) is 5.57 Å². The number of carbonyl (C=O) groups is 1. The third-order valence-corrected chi connectivity index (χ3v) is 3.43. The van der Waals surface area contributed by atoms with Gasteiger partial charge in [-0.15, -0.1) is 0 Å². The molecular formula is C19H21NO. The Morgan fingerprint density at radius 3 is 2.29 bits per heavy atom. The fraction of sp³-hybridized carbons (Fsp3) is 0.211. The Hall–Kier alpha value is -2.35. The zero-order chi connectivity index (χ0) is 15.1. The Labute approximate surface area is 126 Å². The average molecular weight is 279 g/mol. The highest BCUT2D eigenvalue weighted by molar-refractivity contribution is 6.00. The van der Waals surface area contributed by atoms with Crippen LogP contribution < -0.4 is 5.32 Å². The summed E-state index contributed by atoms with van der Waals surface area (Å²) >= 11 is 0. The molecule has 2 aromatic rings. The Morgan fingerprint density at radius 1 is 1.00 bits per heavy atom. The number of benzene rings is 2. The minimum absolute atomic E-state index is 0.0314. The zero-order valence-corrected chi connectivity index (χ0v) is 12.4. The van der Waals surface area contributed by atoms with E-state index in [0.29, 0.717) is 12.1 Å². The minimum atomic E-state index is -0.0314. The molecule has 0 fully saturated rings. The van der Waals surface area contributed by atoms with Crippen molar-refractivity contribution >= 4 is 11.5 Å². The number of unbranched alkanes of at least 4 members (excludes halogenated alkanes) is 1. The first-order valence-corrected chi connectivity index (χ1v) is 7.36. The van der Waals surface area contributed by atoms with Crippen molar-refractivity contribution in [2.45, 2.75) is 19.8 Å². The van der Waals surface area contributed by atoms with Crippen LogP contribution in [0, 0.1) is 0 Å². The highest BCUT2D eigenvalue weighted by Crippen LogP contribution is 2.24. The number of amides is 1. The smallest absolute Gasteiger partial charge is 0.251 e. The second-order valence-corrected chi connectivity index (χ2v) is 5.00. The van der Waals surface area contributed by atoms with Gasteiger partial charge in [0, 0.05) is 12.1 Å². The molecule has 0 aliphatic rings. The molecule has 0 bridgehead atoms. The van der Waals surface area contributed by atoms with Gasteiger partial charge in [-0.1, -0.05) is 68.5 Å². The lowest BCUT2D eigenvalue weighted by molar-refractivity contribution is 0.0953. The normalized spacial score (nSPS) is 10.1. The van der Waals surface area contributed by atoms with Gasteiger partial charge in [0.25, 0.3) is 5.91 Å². The highest BCUT2D eigenvalue weighted by atomic mass is 16.1. The van der Waals surface area contributed by atoms with Gasteiger partial charge in [-0.05, 0) is 29.2 Å². The molecule has 2 aromatic carbocycles. The van der Waals surface area contributed by atoms with Crippen LogP contribution in [0.3, 0.4) is 0 Å². The molecule has 0 saturated heterocycles. The van der Waals surface area contributed by atoms with Gasteiger partial charge < -0.3 is 5.32 Å². The summed E-state index contributed by atoms with van der Waals surface area (Å²) in [6, 6.07) is 17.6. The molecule has 0 aliphatic heterocycles. The first-order valence-electron chi connectivity index (χ1n) is 7.36. The third kappa shape index (κ3) is 3.82. The van der Waals surface area contributed by atoms with Crippen LogP contribution in [-0.4, -0.2) is 12.5 Å². The summed E-state index contributed by atoms with van der Waals surface area (Å²) in [6.45, 7) is 6.97. The van der Waals surface area contributed by atoms with Crippen molar-refractivity contribution in [1.82, 2.24) is 5.32 Å². The SMILES string of the molecule is C=C(c1ccccc1)c1ccccc1C(=O)NCCCC. The standard InChI is InChI=1S/C19H21NO/c1-3-4-14-20-19(21)18-13-9-8-12-17(18)15(2)16-10-6-5-7-11-16/h5-13H,2-4,14H2,1H3,(H,20,21). The van der Waals surface area contributed by atoms with Crippen molar-refractivity contribution in [3.05, 3.63) is 77.9 Å². The zero-order valence-electron chi connectivity index (χ0n) is 12.4. The fourth-order valence-electron chi connectivity index (χ4n) is 2.21. The Bertz CT molecular complexity index is 616. The van der Waals surface area contributed by atoms with Crippen molar-refractivity contribution in [3.63, 3.8) is 0 Å². The summed E-state index contributed by atoms with van der Waals surface area (Å²) in [5.74, 6) is -0.0314. The topological polar surface area (TPSA) is 29.1 Å². The molecule has 0 unspecified atom stereocenters. The Balaban J connectivity index is 2.25. The second-order valence-electron chi connectivity index (χ2n) is 5.00. The average Bonchev–Trinajstić information content (AvgIpc) is 2.55. The Kier molecular flexibility index (Phi) is 5.33. The minimum Gasteiger partial charge on any atom is -0.352 e. The van der Waals surface area contributed by atoms with Crippen LogP contribution in [0.15, 0.2) is 61.2 Å². The van der Waals surface area contributed by atoms with E-state index >= 15 is 0 Å². The first-order chi connectivity index (χ1) is 10.2. The number of nitrogens with one attached hydrogen (secondary N) is 1. The van der Waals surface area contributed by atoms with Gasteiger partial charge in [0.05, 0.1) is 0 Å². The molecule has 0 heterocycles. The summed E-state index contributed by atoms with van der Waals surface area (Å²) in [5, 5.41) is 2.97. The largest absolute Gasteiger partial charge is 0.352 e. The van der Waals surface area contributed by atoms with E-state index in [4.69, 9.17) is 0 Å². The Morgan fingerprint density at radius 2 is 1.62 bits per heavy atom. The van der Waals surface area contributed by atoms with Crippen LogP contribution in [0.1, 0.15) is 41.3 Å². The number of carbonyl (C=O) groups excluding carboxylic acids is 1. The van der Waals surface area contributed by atoms with E-state index in [2.05, 4.69) is 18.8 Å². The quantitative estimate of drug-likeness (QED) is 0.786. The molecule has 21 heavy (non-hydrogen) atoms. The van der Waals surface area contributed by atoms with Gasteiger partial charge >= 0.3 is 0 Å². The molecule has 0 atom stereocenters. The number of rotatable bonds is 6. The fourth-order valence-corrected chi connectivity index (χ4v) is 2.21. The highest BCUT2D eigenvalue weighted by Gasteiger charge is 2.13. The molecule has 2 heteroatoms. The lowest BCUT2D eigenvalue weighted by atomic mass is 9.95.